The lowest BCUT2D eigenvalue weighted by atomic mass is 10.1. The van der Waals surface area contributed by atoms with E-state index in [0.29, 0.717) is 11.3 Å². The minimum Gasteiger partial charge on any atom is -0.457 e. The quantitative estimate of drug-likeness (QED) is 0.481. The van der Waals surface area contributed by atoms with Crippen molar-refractivity contribution in [2.45, 2.75) is 13.5 Å². The van der Waals surface area contributed by atoms with Gasteiger partial charge in [-0.2, -0.15) is 0 Å². The third kappa shape index (κ3) is 3.82. The van der Waals surface area contributed by atoms with Gasteiger partial charge in [0.2, 0.25) is 0 Å². The molecule has 0 atom stereocenters. The fourth-order valence-corrected chi connectivity index (χ4v) is 1.86. The predicted octanol–water partition coefficient (Wildman–Crippen LogP) is 3.55. The Kier molecular flexibility index (Phi) is 4.73. The van der Waals surface area contributed by atoms with Crippen molar-refractivity contribution >= 4 is 22.7 Å². The molecule has 0 saturated carbocycles. The number of hydrogen-bond donors (Lipinski definition) is 0. The predicted molar refractivity (Wildman–Crippen MR) is 84.4 cm³/mol. The van der Waals surface area contributed by atoms with Gasteiger partial charge in [-0.3, -0.25) is 0 Å². The van der Waals surface area contributed by atoms with E-state index in [4.69, 9.17) is 9.47 Å². The van der Waals surface area contributed by atoms with E-state index in [0.717, 1.165) is 22.4 Å². The van der Waals surface area contributed by atoms with Crippen molar-refractivity contribution < 1.29 is 19.1 Å². The van der Waals surface area contributed by atoms with Crippen LogP contribution in [0.5, 0.6) is 5.75 Å². The largest absolute Gasteiger partial charge is 0.457 e. The summed E-state index contributed by atoms with van der Waals surface area (Å²) in [5, 5.41) is 1.88. The van der Waals surface area contributed by atoms with E-state index in [-0.39, 0.29) is 6.61 Å². The molecule has 0 saturated heterocycles. The van der Waals surface area contributed by atoms with Crippen LogP contribution in [0.4, 0.5) is 0 Å². The molecule has 112 valence electrons. The van der Waals surface area contributed by atoms with Gasteiger partial charge in [0, 0.05) is 11.6 Å². The highest BCUT2D eigenvalue weighted by atomic mass is 16.5. The molecule has 0 aliphatic carbocycles. The van der Waals surface area contributed by atoms with Gasteiger partial charge >= 0.3 is 11.9 Å². The lowest BCUT2D eigenvalue weighted by Gasteiger charge is -2.07. The Bertz CT molecular complexity index is 759. The Labute approximate surface area is 128 Å². The van der Waals surface area contributed by atoms with Gasteiger partial charge in [0.05, 0.1) is 0 Å². The van der Waals surface area contributed by atoms with Crippen LogP contribution in [0.1, 0.15) is 12.5 Å². The maximum absolute atomic E-state index is 11.4. The van der Waals surface area contributed by atoms with Gasteiger partial charge in [0.1, 0.15) is 12.4 Å². The lowest BCUT2D eigenvalue weighted by Crippen LogP contribution is -2.04. The van der Waals surface area contributed by atoms with E-state index < -0.39 is 11.9 Å². The zero-order chi connectivity index (χ0) is 16.1. The second-order valence-electron chi connectivity index (χ2n) is 4.82. The molecule has 2 aromatic carbocycles. The number of fused-ring (bicyclic) bond motifs is 1. The third-order valence-electron chi connectivity index (χ3n) is 2.98. The number of carbonyl (C=O) groups is 2. The first kappa shape index (κ1) is 15.5. The van der Waals surface area contributed by atoms with Crippen molar-refractivity contribution in [3.05, 3.63) is 66.8 Å². The van der Waals surface area contributed by atoms with E-state index in [1.54, 1.807) is 19.1 Å². The minimum atomic E-state index is -0.498. The number of rotatable bonds is 5. The molecule has 4 heteroatoms. The summed E-state index contributed by atoms with van der Waals surface area (Å²) in [6.07, 6.45) is 1.11. The summed E-state index contributed by atoms with van der Waals surface area (Å²) in [5.41, 5.74) is 1.24. The van der Waals surface area contributed by atoms with E-state index in [1.165, 1.54) is 0 Å². The van der Waals surface area contributed by atoms with Gasteiger partial charge in [0.15, 0.2) is 0 Å². The van der Waals surface area contributed by atoms with Gasteiger partial charge in [0.25, 0.3) is 0 Å². The molecule has 0 spiro atoms. The highest BCUT2D eigenvalue weighted by Crippen LogP contribution is 2.22. The lowest BCUT2D eigenvalue weighted by molar-refractivity contribution is -0.140. The molecule has 22 heavy (non-hydrogen) atoms. The molecule has 0 heterocycles. The molecular weight excluding hydrogens is 280 g/mol. The topological polar surface area (TPSA) is 52.6 Å². The molecule has 0 aliphatic rings. The Morgan fingerprint density at radius 1 is 1.14 bits per heavy atom. The molecule has 0 aromatic heterocycles. The molecule has 2 aromatic rings. The molecule has 0 amide bonds. The van der Waals surface area contributed by atoms with Crippen LogP contribution in [0.3, 0.4) is 0 Å². The van der Waals surface area contributed by atoms with Gasteiger partial charge in [-0.15, -0.1) is 0 Å². The van der Waals surface area contributed by atoms with Crippen LogP contribution in [-0.4, -0.2) is 11.9 Å². The Hall–Kier alpha value is -2.88. The molecule has 2 rings (SSSR count). The van der Waals surface area contributed by atoms with Crippen LogP contribution in [0.2, 0.25) is 0 Å². The fourth-order valence-electron chi connectivity index (χ4n) is 1.86. The molecule has 0 N–H and O–H groups in total. The first-order valence-electron chi connectivity index (χ1n) is 6.69. The van der Waals surface area contributed by atoms with Gasteiger partial charge in [-0.05, 0) is 41.5 Å². The second-order valence-corrected chi connectivity index (χ2v) is 4.82. The summed E-state index contributed by atoms with van der Waals surface area (Å²) >= 11 is 0. The first-order valence-corrected chi connectivity index (χ1v) is 6.69. The Morgan fingerprint density at radius 3 is 2.50 bits per heavy atom. The van der Waals surface area contributed by atoms with E-state index in [9.17, 15) is 9.59 Å². The number of carbonyl (C=O) groups excluding carboxylic acids is 2. The molecule has 0 fully saturated rings. The van der Waals surface area contributed by atoms with E-state index in [1.807, 2.05) is 24.3 Å². The standard InChI is InChI=1S/C18H16O4/c1-4-17(19)22-16-8-7-14-9-13(5-6-15(14)10-16)11-21-18(20)12(2)3/h4-10H,1-2,11H2,3H3. The van der Waals surface area contributed by atoms with Crippen molar-refractivity contribution in [3.8, 4) is 5.75 Å². The molecular formula is C18H16O4. The fraction of sp³-hybridized carbons (Fsp3) is 0.111. The summed E-state index contributed by atoms with van der Waals surface area (Å²) < 4.78 is 10.2. The van der Waals surface area contributed by atoms with Crippen LogP contribution in [0.15, 0.2) is 61.2 Å². The van der Waals surface area contributed by atoms with Gasteiger partial charge in [-0.25, -0.2) is 9.59 Å². The van der Waals surface area contributed by atoms with Crippen molar-refractivity contribution in [3.63, 3.8) is 0 Å². The minimum absolute atomic E-state index is 0.189. The number of esters is 2. The number of benzene rings is 2. The normalized spacial score (nSPS) is 10.0. The number of ether oxygens (including phenoxy) is 2. The Balaban J connectivity index is 2.16. The summed E-state index contributed by atoms with van der Waals surface area (Å²) in [4.78, 5) is 22.6. The van der Waals surface area contributed by atoms with Gasteiger partial charge in [-0.1, -0.05) is 31.4 Å². The third-order valence-corrected chi connectivity index (χ3v) is 2.98. The monoisotopic (exact) mass is 296 g/mol. The van der Waals surface area contributed by atoms with Crippen molar-refractivity contribution in [1.29, 1.82) is 0 Å². The van der Waals surface area contributed by atoms with Gasteiger partial charge < -0.3 is 9.47 Å². The highest BCUT2D eigenvalue weighted by Gasteiger charge is 2.05. The molecule has 0 radical (unpaired) electrons. The maximum atomic E-state index is 11.4. The van der Waals surface area contributed by atoms with Crippen LogP contribution in [0.25, 0.3) is 10.8 Å². The zero-order valence-corrected chi connectivity index (χ0v) is 12.3. The average molecular weight is 296 g/mol. The van der Waals surface area contributed by atoms with Crippen molar-refractivity contribution in [2.24, 2.45) is 0 Å². The van der Waals surface area contributed by atoms with Crippen molar-refractivity contribution in [1.82, 2.24) is 0 Å². The van der Waals surface area contributed by atoms with Crippen LogP contribution < -0.4 is 4.74 Å². The van der Waals surface area contributed by atoms with Crippen LogP contribution in [-0.2, 0) is 20.9 Å². The van der Waals surface area contributed by atoms with Crippen molar-refractivity contribution in [2.75, 3.05) is 0 Å². The summed E-state index contributed by atoms with van der Waals surface area (Å²) in [5.74, 6) is -0.451. The van der Waals surface area contributed by atoms with Crippen LogP contribution >= 0.6 is 0 Å². The summed E-state index contributed by atoms with van der Waals surface area (Å²) in [7, 11) is 0. The molecule has 4 nitrogen and oxygen atoms in total. The average Bonchev–Trinajstić information content (AvgIpc) is 2.52. The second kappa shape index (κ2) is 6.72. The Morgan fingerprint density at radius 2 is 1.82 bits per heavy atom. The van der Waals surface area contributed by atoms with E-state index in [2.05, 4.69) is 13.2 Å². The first-order chi connectivity index (χ1) is 10.5. The molecule has 0 aliphatic heterocycles. The number of hydrogen-bond acceptors (Lipinski definition) is 4. The maximum Gasteiger partial charge on any atom is 0.335 e. The van der Waals surface area contributed by atoms with Crippen LogP contribution in [0, 0.1) is 0 Å². The smallest absolute Gasteiger partial charge is 0.335 e. The summed E-state index contributed by atoms with van der Waals surface area (Å²) in [6, 6.07) is 11.0. The SMILES string of the molecule is C=CC(=O)Oc1ccc2cc(COC(=O)C(=C)C)ccc2c1. The van der Waals surface area contributed by atoms with E-state index >= 15 is 0 Å². The molecule has 0 bridgehead atoms. The zero-order valence-electron chi connectivity index (χ0n) is 12.3. The molecule has 0 unspecified atom stereocenters. The highest BCUT2D eigenvalue weighted by molar-refractivity contribution is 5.88. The summed E-state index contributed by atoms with van der Waals surface area (Å²) in [6.45, 7) is 8.69.